The Labute approximate surface area is 189 Å². The lowest BCUT2D eigenvalue weighted by Crippen LogP contribution is -2.48. The van der Waals surface area contributed by atoms with E-state index in [0.717, 1.165) is 5.69 Å². The molecule has 0 unspecified atom stereocenters. The van der Waals surface area contributed by atoms with Crippen molar-refractivity contribution in [3.05, 3.63) is 96.9 Å². The molecule has 0 bridgehead atoms. The van der Waals surface area contributed by atoms with Crippen molar-refractivity contribution in [3.63, 3.8) is 0 Å². The predicted molar refractivity (Wildman–Crippen MR) is 126 cm³/mol. The first-order valence-corrected chi connectivity index (χ1v) is 11.6. The van der Waals surface area contributed by atoms with Crippen LogP contribution in [0.5, 0.6) is 0 Å². The summed E-state index contributed by atoms with van der Waals surface area (Å²) in [7, 11) is -2.56. The van der Waals surface area contributed by atoms with Crippen molar-refractivity contribution in [2.75, 3.05) is 38.2 Å². The molecular formula is C24H27N3O4S. The molecule has 2 aromatic carbocycles. The minimum atomic E-state index is -3.95. The van der Waals surface area contributed by atoms with E-state index in [1.54, 1.807) is 17.0 Å². The monoisotopic (exact) mass is 453 g/mol. The number of benzene rings is 2. The van der Waals surface area contributed by atoms with E-state index in [2.05, 4.69) is 22.8 Å². The lowest BCUT2D eigenvalue weighted by Gasteiger charge is -2.36. The van der Waals surface area contributed by atoms with E-state index in [-0.39, 0.29) is 22.3 Å². The molecule has 1 heterocycles. The van der Waals surface area contributed by atoms with Crippen molar-refractivity contribution < 1.29 is 17.9 Å². The molecule has 7 nitrogen and oxygen atoms in total. The molecular weight excluding hydrogens is 426 g/mol. The van der Waals surface area contributed by atoms with Gasteiger partial charge in [0.2, 0.25) is 0 Å². The van der Waals surface area contributed by atoms with Crippen LogP contribution in [0.1, 0.15) is 10.4 Å². The SMILES string of the molecule is C=C/C=C(/NS(=O)(=O)c1cccc(C(=O)N2CCN(c3ccccc3)CC2)c1)C(=C)OC. The molecule has 0 saturated carbocycles. The summed E-state index contributed by atoms with van der Waals surface area (Å²) in [5.41, 5.74) is 1.61. The number of amides is 1. The summed E-state index contributed by atoms with van der Waals surface area (Å²) in [5.74, 6) is -0.0464. The summed E-state index contributed by atoms with van der Waals surface area (Å²) in [6, 6.07) is 16.1. The van der Waals surface area contributed by atoms with Gasteiger partial charge in [-0.2, -0.15) is 0 Å². The van der Waals surface area contributed by atoms with E-state index < -0.39 is 10.0 Å². The Morgan fingerprint density at radius 3 is 2.38 bits per heavy atom. The van der Waals surface area contributed by atoms with Gasteiger partial charge >= 0.3 is 0 Å². The molecule has 3 rings (SSSR count). The fourth-order valence-electron chi connectivity index (χ4n) is 3.40. The molecule has 1 aliphatic heterocycles. The van der Waals surface area contributed by atoms with E-state index >= 15 is 0 Å². The number of rotatable bonds is 8. The number of hydrogen-bond acceptors (Lipinski definition) is 5. The van der Waals surface area contributed by atoms with Crippen LogP contribution >= 0.6 is 0 Å². The molecule has 32 heavy (non-hydrogen) atoms. The van der Waals surface area contributed by atoms with Crippen molar-refractivity contribution >= 4 is 21.6 Å². The number of sulfonamides is 1. The lowest BCUT2D eigenvalue weighted by atomic mass is 10.1. The zero-order valence-corrected chi connectivity index (χ0v) is 18.8. The van der Waals surface area contributed by atoms with Gasteiger partial charge in [0.1, 0.15) is 5.76 Å². The summed E-state index contributed by atoms with van der Waals surface area (Å²) in [6.07, 6.45) is 2.88. The van der Waals surface area contributed by atoms with Gasteiger partial charge in [-0.15, -0.1) is 0 Å². The largest absolute Gasteiger partial charge is 0.495 e. The van der Waals surface area contributed by atoms with Crippen molar-refractivity contribution in [1.82, 2.24) is 9.62 Å². The van der Waals surface area contributed by atoms with Crippen LogP contribution < -0.4 is 9.62 Å². The van der Waals surface area contributed by atoms with Crippen LogP contribution in [0.25, 0.3) is 0 Å². The molecule has 1 N–H and O–H groups in total. The van der Waals surface area contributed by atoms with E-state index in [4.69, 9.17) is 4.74 Å². The fourth-order valence-corrected chi connectivity index (χ4v) is 4.53. The molecule has 0 aliphatic carbocycles. The molecule has 1 saturated heterocycles. The molecule has 0 atom stereocenters. The third-order valence-electron chi connectivity index (χ3n) is 5.16. The van der Waals surface area contributed by atoms with Gasteiger partial charge in [0.15, 0.2) is 0 Å². The third-order valence-corrected chi connectivity index (χ3v) is 6.52. The Hall–Kier alpha value is -3.52. The molecule has 168 valence electrons. The van der Waals surface area contributed by atoms with E-state index in [0.29, 0.717) is 31.7 Å². The van der Waals surface area contributed by atoms with E-state index in [1.165, 1.54) is 31.4 Å². The second-order valence-electron chi connectivity index (χ2n) is 7.19. The number of carbonyl (C=O) groups excluding carboxylic acids is 1. The zero-order valence-electron chi connectivity index (χ0n) is 18.0. The number of hydrogen-bond donors (Lipinski definition) is 1. The lowest BCUT2D eigenvalue weighted by molar-refractivity contribution is 0.0746. The third kappa shape index (κ3) is 5.39. The summed E-state index contributed by atoms with van der Waals surface area (Å²) >= 11 is 0. The summed E-state index contributed by atoms with van der Waals surface area (Å²) in [6.45, 7) is 9.79. The van der Waals surface area contributed by atoms with Crippen molar-refractivity contribution in [1.29, 1.82) is 0 Å². The van der Waals surface area contributed by atoms with Gasteiger partial charge < -0.3 is 14.5 Å². The number of ether oxygens (including phenoxy) is 1. The first-order valence-electron chi connectivity index (χ1n) is 10.1. The highest BCUT2D eigenvalue weighted by molar-refractivity contribution is 7.89. The Balaban J connectivity index is 1.73. The van der Waals surface area contributed by atoms with Gasteiger partial charge in [0.05, 0.1) is 17.7 Å². The van der Waals surface area contributed by atoms with Gasteiger partial charge in [0.25, 0.3) is 15.9 Å². The maximum absolute atomic E-state index is 13.0. The Kier molecular flexibility index (Phi) is 7.37. The summed E-state index contributed by atoms with van der Waals surface area (Å²) in [4.78, 5) is 17.0. The first kappa shape index (κ1) is 23.1. The molecule has 0 radical (unpaired) electrons. The number of para-hydroxylation sites is 1. The van der Waals surface area contributed by atoms with Crippen molar-refractivity contribution in [3.8, 4) is 0 Å². The average molecular weight is 454 g/mol. The summed E-state index contributed by atoms with van der Waals surface area (Å²) < 4.78 is 33.2. The molecule has 8 heteroatoms. The minimum absolute atomic E-state index is 0.0230. The average Bonchev–Trinajstić information content (AvgIpc) is 2.83. The number of allylic oxidation sites excluding steroid dienone is 2. The Morgan fingerprint density at radius 2 is 1.75 bits per heavy atom. The van der Waals surface area contributed by atoms with Gasteiger partial charge in [0, 0.05) is 37.4 Å². The predicted octanol–water partition coefficient (Wildman–Crippen LogP) is 3.16. The van der Waals surface area contributed by atoms with Gasteiger partial charge in [-0.05, 0) is 36.4 Å². The first-order chi connectivity index (χ1) is 15.4. The van der Waals surface area contributed by atoms with Crippen LogP contribution in [-0.2, 0) is 14.8 Å². The fraction of sp³-hybridized carbons (Fsp3) is 0.208. The Bertz CT molecular complexity index is 1120. The summed E-state index contributed by atoms with van der Waals surface area (Å²) in [5, 5.41) is 0. The number of piperazine rings is 1. The topological polar surface area (TPSA) is 79.0 Å². The maximum Gasteiger partial charge on any atom is 0.262 e. The minimum Gasteiger partial charge on any atom is -0.495 e. The standard InChI is InChI=1S/C24H27N3O4S/c1-4-9-23(19(2)31-3)25-32(29,30)22-13-8-10-20(18-22)24(28)27-16-14-26(15-17-27)21-11-6-5-7-12-21/h4-13,18,25H,1-2,14-17H2,3H3/b23-9+. The normalized spacial score (nSPS) is 14.6. The van der Waals surface area contributed by atoms with Crippen LogP contribution in [0.2, 0.25) is 0 Å². The quantitative estimate of drug-likeness (QED) is 0.491. The van der Waals surface area contributed by atoms with Crippen molar-refractivity contribution in [2.45, 2.75) is 4.90 Å². The van der Waals surface area contributed by atoms with Crippen LogP contribution in [0.4, 0.5) is 5.69 Å². The highest BCUT2D eigenvalue weighted by Gasteiger charge is 2.24. The van der Waals surface area contributed by atoms with Crippen LogP contribution in [0.15, 0.2) is 96.3 Å². The van der Waals surface area contributed by atoms with Crippen LogP contribution in [-0.4, -0.2) is 52.5 Å². The maximum atomic E-state index is 13.0. The second-order valence-corrected chi connectivity index (χ2v) is 8.87. The smallest absolute Gasteiger partial charge is 0.262 e. The molecule has 1 aliphatic rings. The number of methoxy groups -OCH3 is 1. The van der Waals surface area contributed by atoms with Gasteiger partial charge in [-0.1, -0.05) is 43.5 Å². The van der Waals surface area contributed by atoms with E-state index in [1.807, 2.05) is 30.3 Å². The van der Waals surface area contributed by atoms with Gasteiger partial charge in [-0.25, -0.2) is 8.42 Å². The zero-order chi connectivity index (χ0) is 23.1. The molecule has 1 amide bonds. The molecule has 1 fully saturated rings. The van der Waals surface area contributed by atoms with Crippen LogP contribution in [0.3, 0.4) is 0 Å². The highest BCUT2D eigenvalue weighted by Crippen LogP contribution is 2.19. The second kappa shape index (κ2) is 10.2. The number of nitrogens with one attached hydrogen (secondary N) is 1. The van der Waals surface area contributed by atoms with Gasteiger partial charge in [-0.3, -0.25) is 9.52 Å². The van der Waals surface area contributed by atoms with E-state index in [9.17, 15) is 13.2 Å². The number of anilines is 1. The molecule has 2 aromatic rings. The van der Waals surface area contributed by atoms with Crippen molar-refractivity contribution in [2.24, 2.45) is 0 Å². The van der Waals surface area contributed by atoms with Crippen LogP contribution in [0, 0.1) is 0 Å². The highest BCUT2D eigenvalue weighted by atomic mass is 32.2. The number of nitrogens with zero attached hydrogens (tertiary/aromatic N) is 2. The number of carbonyl (C=O) groups is 1. The molecule has 0 aromatic heterocycles. The molecule has 0 spiro atoms. The Morgan fingerprint density at radius 1 is 1.06 bits per heavy atom.